The normalized spacial score (nSPS) is 17.8. The Bertz CT molecular complexity index is 583. The summed E-state index contributed by atoms with van der Waals surface area (Å²) in [6.45, 7) is 1.81. The number of sulfone groups is 1. The second kappa shape index (κ2) is 3.57. The highest BCUT2D eigenvalue weighted by molar-refractivity contribution is 7.90. The SMILES string of the molecule is Cc1ccc(S(C)(=O)=O)cc1C1(C(=O)O)CC1. The summed E-state index contributed by atoms with van der Waals surface area (Å²) in [7, 11) is -3.29. The molecule has 1 aromatic carbocycles. The van der Waals surface area contributed by atoms with Gasteiger partial charge in [0, 0.05) is 6.26 Å². The third kappa shape index (κ3) is 1.95. The molecule has 1 aliphatic carbocycles. The summed E-state index contributed by atoms with van der Waals surface area (Å²) in [5.74, 6) is -0.869. The molecule has 1 aliphatic rings. The molecule has 92 valence electrons. The molecule has 1 aromatic rings. The molecular weight excluding hydrogens is 240 g/mol. The Labute approximate surface area is 100 Å². The van der Waals surface area contributed by atoms with Gasteiger partial charge >= 0.3 is 5.97 Å². The van der Waals surface area contributed by atoms with Crippen LogP contribution in [0.3, 0.4) is 0 Å². The van der Waals surface area contributed by atoms with Gasteiger partial charge in [0.15, 0.2) is 9.84 Å². The van der Waals surface area contributed by atoms with Crippen LogP contribution in [0.2, 0.25) is 0 Å². The second-order valence-corrected chi connectivity index (χ2v) is 6.65. The molecule has 5 heteroatoms. The Morgan fingerprint density at radius 2 is 1.94 bits per heavy atom. The topological polar surface area (TPSA) is 71.4 Å². The van der Waals surface area contributed by atoms with Crippen LogP contribution < -0.4 is 0 Å². The zero-order valence-corrected chi connectivity index (χ0v) is 10.5. The van der Waals surface area contributed by atoms with Crippen LogP contribution in [0.1, 0.15) is 24.0 Å². The van der Waals surface area contributed by atoms with Gasteiger partial charge in [0.1, 0.15) is 0 Å². The Morgan fingerprint density at radius 1 is 1.35 bits per heavy atom. The first-order chi connectivity index (χ1) is 7.77. The van der Waals surface area contributed by atoms with Crippen LogP contribution in [0.4, 0.5) is 0 Å². The van der Waals surface area contributed by atoms with Gasteiger partial charge in [-0.2, -0.15) is 0 Å². The number of benzene rings is 1. The molecule has 4 nitrogen and oxygen atoms in total. The maximum atomic E-state index is 11.5. The van der Waals surface area contributed by atoms with Crippen LogP contribution in [-0.4, -0.2) is 25.7 Å². The van der Waals surface area contributed by atoms with E-state index in [1.165, 1.54) is 12.1 Å². The fourth-order valence-electron chi connectivity index (χ4n) is 2.07. The van der Waals surface area contributed by atoms with Crippen LogP contribution >= 0.6 is 0 Å². The fraction of sp³-hybridized carbons (Fsp3) is 0.417. The van der Waals surface area contributed by atoms with Gasteiger partial charge in [-0.3, -0.25) is 4.79 Å². The van der Waals surface area contributed by atoms with Gasteiger partial charge in [0.2, 0.25) is 0 Å². The van der Waals surface area contributed by atoms with Crippen molar-refractivity contribution < 1.29 is 18.3 Å². The lowest BCUT2D eigenvalue weighted by molar-refractivity contribution is -0.140. The van der Waals surface area contributed by atoms with E-state index in [0.717, 1.165) is 11.8 Å². The molecule has 1 N–H and O–H groups in total. The van der Waals surface area contributed by atoms with Gasteiger partial charge in [0.05, 0.1) is 10.3 Å². The molecular formula is C12H14O4S. The van der Waals surface area contributed by atoms with Gasteiger partial charge in [-0.05, 0) is 43.0 Å². The summed E-state index contributed by atoms with van der Waals surface area (Å²) in [4.78, 5) is 11.4. The first-order valence-electron chi connectivity index (χ1n) is 5.32. The van der Waals surface area contributed by atoms with Crippen LogP contribution in [0, 0.1) is 6.92 Å². The minimum absolute atomic E-state index is 0.186. The number of carboxylic acid groups (broad SMARTS) is 1. The first-order valence-corrected chi connectivity index (χ1v) is 7.21. The Morgan fingerprint density at radius 3 is 2.35 bits per heavy atom. The number of carboxylic acids is 1. The first kappa shape index (κ1) is 12.1. The monoisotopic (exact) mass is 254 g/mol. The lowest BCUT2D eigenvalue weighted by Crippen LogP contribution is -2.21. The predicted molar refractivity (Wildman–Crippen MR) is 62.8 cm³/mol. The minimum atomic E-state index is -3.29. The zero-order chi connectivity index (χ0) is 12.8. The molecule has 1 fully saturated rings. The highest BCUT2D eigenvalue weighted by Crippen LogP contribution is 2.49. The van der Waals surface area contributed by atoms with Crippen molar-refractivity contribution in [2.24, 2.45) is 0 Å². The van der Waals surface area contributed by atoms with E-state index >= 15 is 0 Å². The minimum Gasteiger partial charge on any atom is -0.481 e. The quantitative estimate of drug-likeness (QED) is 0.887. The van der Waals surface area contributed by atoms with Crippen molar-refractivity contribution in [3.63, 3.8) is 0 Å². The van der Waals surface area contributed by atoms with E-state index < -0.39 is 21.2 Å². The molecule has 0 atom stereocenters. The van der Waals surface area contributed by atoms with Crippen LogP contribution in [0.25, 0.3) is 0 Å². The summed E-state index contributed by atoms with van der Waals surface area (Å²) < 4.78 is 22.9. The van der Waals surface area contributed by atoms with Crippen molar-refractivity contribution in [1.29, 1.82) is 0 Å². The predicted octanol–water partition coefficient (Wildman–Crippen LogP) is 1.51. The van der Waals surface area contributed by atoms with Crippen LogP contribution in [0.15, 0.2) is 23.1 Å². The molecule has 0 amide bonds. The highest BCUT2D eigenvalue weighted by atomic mass is 32.2. The summed E-state index contributed by atoms with van der Waals surface area (Å²) >= 11 is 0. The molecule has 0 aliphatic heterocycles. The summed E-state index contributed by atoms with van der Waals surface area (Å²) in [5, 5.41) is 9.23. The van der Waals surface area contributed by atoms with Crippen molar-refractivity contribution in [2.45, 2.75) is 30.1 Å². The van der Waals surface area contributed by atoms with E-state index in [4.69, 9.17) is 0 Å². The van der Waals surface area contributed by atoms with E-state index in [1.54, 1.807) is 6.07 Å². The van der Waals surface area contributed by atoms with Crippen molar-refractivity contribution >= 4 is 15.8 Å². The van der Waals surface area contributed by atoms with Gasteiger partial charge in [-0.1, -0.05) is 6.07 Å². The molecule has 0 unspecified atom stereocenters. The summed E-state index contributed by atoms with van der Waals surface area (Å²) in [5.41, 5.74) is 0.607. The molecule has 0 bridgehead atoms. The highest BCUT2D eigenvalue weighted by Gasteiger charge is 2.52. The Hall–Kier alpha value is -1.36. The maximum absolute atomic E-state index is 11.5. The van der Waals surface area contributed by atoms with Crippen molar-refractivity contribution in [3.8, 4) is 0 Å². The number of carbonyl (C=O) groups is 1. The maximum Gasteiger partial charge on any atom is 0.314 e. The molecule has 0 saturated heterocycles. The number of rotatable bonds is 3. The zero-order valence-electron chi connectivity index (χ0n) is 9.73. The molecule has 0 spiro atoms. The molecule has 0 heterocycles. The van der Waals surface area contributed by atoms with E-state index in [-0.39, 0.29) is 4.90 Å². The molecule has 1 saturated carbocycles. The lowest BCUT2D eigenvalue weighted by Gasteiger charge is -2.14. The van der Waals surface area contributed by atoms with Gasteiger partial charge in [0.25, 0.3) is 0 Å². The van der Waals surface area contributed by atoms with E-state index in [1.807, 2.05) is 6.92 Å². The second-order valence-electron chi connectivity index (χ2n) is 4.64. The van der Waals surface area contributed by atoms with E-state index in [2.05, 4.69) is 0 Å². The van der Waals surface area contributed by atoms with Gasteiger partial charge < -0.3 is 5.11 Å². The Balaban J connectivity index is 2.59. The van der Waals surface area contributed by atoms with Crippen molar-refractivity contribution in [1.82, 2.24) is 0 Å². The Kier molecular flexibility index (Phi) is 2.54. The fourth-order valence-corrected chi connectivity index (χ4v) is 2.72. The number of aryl methyl sites for hydroxylation is 1. The summed E-state index contributed by atoms with van der Waals surface area (Å²) in [6, 6.07) is 4.70. The number of hydrogen-bond acceptors (Lipinski definition) is 3. The number of aliphatic carboxylic acids is 1. The van der Waals surface area contributed by atoms with E-state index in [0.29, 0.717) is 18.4 Å². The van der Waals surface area contributed by atoms with Crippen LogP contribution in [-0.2, 0) is 20.0 Å². The molecule has 17 heavy (non-hydrogen) atoms. The van der Waals surface area contributed by atoms with Gasteiger partial charge in [-0.15, -0.1) is 0 Å². The standard InChI is InChI=1S/C12H14O4S/c1-8-3-4-9(17(2,15)16)7-10(8)12(5-6-12)11(13)14/h3-4,7H,5-6H2,1-2H3,(H,13,14). The third-order valence-electron chi connectivity index (χ3n) is 3.31. The van der Waals surface area contributed by atoms with Crippen molar-refractivity contribution in [3.05, 3.63) is 29.3 Å². The lowest BCUT2D eigenvalue weighted by atomic mass is 9.92. The average Bonchev–Trinajstić information content (AvgIpc) is 2.97. The van der Waals surface area contributed by atoms with Crippen LogP contribution in [0.5, 0.6) is 0 Å². The number of hydrogen-bond donors (Lipinski definition) is 1. The van der Waals surface area contributed by atoms with E-state index in [9.17, 15) is 18.3 Å². The largest absolute Gasteiger partial charge is 0.481 e. The molecule has 0 radical (unpaired) electrons. The third-order valence-corrected chi connectivity index (χ3v) is 4.42. The summed E-state index contributed by atoms with van der Waals surface area (Å²) in [6.07, 6.45) is 2.29. The molecule has 0 aromatic heterocycles. The molecule has 2 rings (SSSR count). The smallest absolute Gasteiger partial charge is 0.314 e. The average molecular weight is 254 g/mol. The van der Waals surface area contributed by atoms with Gasteiger partial charge in [-0.25, -0.2) is 8.42 Å². The van der Waals surface area contributed by atoms with Crippen molar-refractivity contribution in [2.75, 3.05) is 6.26 Å².